The predicted octanol–water partition coefficient (Wildman–Crippen LogP) is 5.43. The first-order valence-electron chi connectivity index (χ1n) is 9.16. The van der Waals surface area contributed by atoms with Gasteiger partial charge in [0.15, 0.2) is 11.0 Å². The molecule has 148 valence electrons. The quantitative estimate of drug-likeness (QED) is 0.352. The van der Waals surface area contributed by atoms with E-state index in [2.05, 4.69) is 27.7 Å². The Morgan fingerprint density at radius 1 is 1.07 bits per heavy atom. The van der Waals surface area contributed by atoms with Crippen LogP contribution >= 0.6 is 23.1 Å². The second kappa shape index (κ2) is 9.19. The van der Waals surface area contributed by atoms with Crippen LogP contribution in [0.1, 0.15) is 18.4 Å². The largest absolute Gasteiger partial charge is 0.486 e. The highest BCUT2D eigenvalue weighted by molar-refractivity contribution is 7.98. The summed E-state index contributed by atoms with van der Waals surface area (Å²) in [4.78, 5) is 4.73. The molecule has 0 amide bonds. The molecule has 8 heteroatoms. The van der Waals surface area contributed by atoms with Crippen molar-refractivity contribution in [2.24, 2.45) is 0 Å². The van der Waals surface area contributed by atoms with E-state index >= 15 is 0 Å². The van der Waals surface area contributed by atoms with Crippen LogP contribution in [0.4, 0.5) is 4.39 Å². The average Bonchev–Trinajstić information content (AvgIpc) is 3.39. The van der Waals surface area contributed by atoms with Gasteiger partial charge in [-0.25, -0.2) is 9.37 Å². The van der Waals surface area contributed by atoms with E-state index in [-0.39, 0.29) is 12.4 Å². The van der Waals surface area contributed by atoms with E-state index in [1.807, 2.05) is 29.7 Å². The van der Waals surface area contributed by atoms with E-state index < -0.39 is 0 Å². The van der Waals surface area contributed by atoms with Gasteiger partial charge in [0.1, 0.15) is 23.2 Å². The zero-order valence-electron chi connectivity index (χ0n) is 15.8. The lowest BCUT2D eigenvalue weighted by molar-refractivity contribution is 0.288. The molecule has 0 aliphatic rings. The smallest absolute Gasteiger partial charge is 0.191 e. The Bertz CT molecular complexity index is 1060. The van der Waals surface area contributed by atoms with Crippen LogP contribution in [0.25, 0.3) is 10.6 Å². The molecule has 0 saturated heterocycles. The molecule has 0 aliphatic carbocycles. The van der Waals surface area contributed by atoms with Crippen molar-refractivity contribution in [3.05, 3.63) is 77.3 Å². The molecule has 0 bridgehead atoms. The number of ether oxygens (including phenoxy) is 1. The number of thioether (sulfide) groups is 1. The topological polar surface area (TPSA) is 52.8 Å². The summed E-state index contributed by atoms with van der Waals surface area (Å²) in [6.07, 6.45) is 0. The van der Waals surface area contributed by atoms with Crippen LogP contribution in [-0.2, 0) is 18.9 Å². The fourth-order valence-corrected chi connectivity index (χ4v) is 4.60. The third-order valence-electron chi connectivity index (χ3n) is 4.21. The fourth-order valence-electron chi connectivity index (χ4n) is 2.75. The number of rotatable bonds is 8. The van der Waals surface area contributed by atoms with E-state index in [9.17, 15) is 4.39 Å². The van der Waals surface area contributed by atoms with Crippen molar-refractivity contribution in [1.29, 1.82) is 0 Å². The molecule has 0 aliphatic heterocycles. The van der Waals surface area contributed by atoms with E-state index in [4.69, 9.17) is 9.72 Å². The monoisotopic (exact) mass is 426 g/mol. The third-order valence-corrected chi connectivity index (χ3v) is 6.15. The van der Waals surface area contributed by atoms with Crippen LogP contribution in [-0.4, -0.2) is 19.7 Å². The maximum atomic E-state index is 13.0. The zero-order valence-corrected chi connectivity index (χ0v) is 17.4. The van der Waals surface area contributed by atoms with Crippen molar-refractivity contribution in [2.45, 2.75) is 31.0 Å². The van der Waals surface area contributed by atoms with Gasteiger partial charge in [-0.05, 0) is 31.2 Å². The van der Waals surface area contributed by atoms with Crippen molar-refractivity contribution in [3.8, 4) is 16.3 Å². The molecule has 2 aromatic carbocycles. The number of benzene rings is 2. The van der Waals surface area contributed by atoms with Crippen molar-refractivity contribution < 1.29 is 9.13 Å². The van der Waals surface area contributed by atoms with E-state index in [1.165, 1.54) is 12.1 Å². The van der Waals surface area contributed by atoms with Crippen LogP contribution in [0.2, 0.25) is 0 Å². The summed E-state index contributed by atoms with van der Waals surface area (Å²) in [6.45, 7) is 3.07. The summed E-state index contributed by atoms with van der Waals surface area (Å²) in [6, 6.07) is 16.1. The molecule has 0 spiro atoms. The lowest BCUT2D eigenvalue weighted by atomic mass is 10.2. The van der Waals surface area contributed by atoms with Crippen molar-refractivity contribution >= 4 is 23.1 Å². The SMILES string of the molecule is CCn1c(COc2ccc(F)cc2)nnc1SCc1csc(-c2ccccc2)n1. The zero-order chi connectivity index (χ0) is 20.1. The van der Waals surface area contributed by atoms with Crippen LogP contribution < -0.4 is 4.74 Å². The summed E-state index contributed by atoms with van der Waals surface area (Å²) < 4.78 is 20.7. The second-order valence-corrected chi connectivity index (χ2v) is 7.98. The van der Waals surface area contributed by atoms with Gasteiger partial charge in [0, 0.05) is 23.2 Å². The highest BCUT2D eigenvalue weighted by Crippen LogP contribution is 2.27. The van der Waals surface area contributed by atoms with Crippen molar-refractivity contribution in [1.82, 2.24) is 19.7 Å². The number of nitrogens with zero attached hydrogens (tertiary/aromatic N) is 4. The minimum atomic E-state index is -0.287. The standard InChI is InChI=1S/C21H19FN4OS2/c1-2-26-19(12-27-18-10-8-16(22)9-11-18)24-25-21(26)29-14-17-13-28-20(23-17)15-6-4-3-5-7-15/h3-11,13H,2,12,14H2,1H3. The normalized spacial score (nSPS) is 11.0. The molecule has 2 heterocycles. The molecule has 0 fully saturated rings. The molecule has 4 aromatic rings. The van der Waals surface area contributed by atoms with Gasteiger partial charge >= 0.3 is 0 Å². The summed E-state index contributed by atoms with van der Waals surface area (Å²) in [7, 11) is 0. The molecule has 0 radical (unpaired) electrons. The number of hydrogen-bond acceptors (Lipinski definition) is 6. The molecule has 0 N–H and O–H groups in total. The lowest BCUT2D eigenvalue weighted by Gasteiger charge is -2.08. The number of hydrogen-bond donors (Lipinski definition) is 0. The van der Waals surface area contributed by atoms with Crippen LogP contribution in [0.5, 0.6) is 5.75 Å². The van der Waals surface area contributed by atoms with Gasteiger partial charge in [-0.3, -0.25) is 0 Å². The molecule has 0 saturated carbocycles. The molecule has 2 aromatic heterocycles. The molecule has 0 atom stereocenters. The summed E-state index contributed by atoms with van der Waals surface area (Å²) >= 11 is 3.25. The van der Waals surface area contributed by atoms with Crippen LogP contribution in [0.15, 0.2) is 65.1 Å². The first-order valence-corrected chi connectivity index (χ1v) is 11.0. The average molecular weight is 427 g/mol. The van der Waals surface area contributed by atoms with E-state index in [0.717, 1.165) is 39.5 Å². The van der Waals surface area contributed by atoms with Crippen molar-refractivity contribution in [2.75, 3.05) is 0 Å². The van der Waals surface area contributed by atoms with Crippen LogP contribution in [0, 0.1) is 5.82 Å². The molecule has 0 unspecified atom stereocenters. The molecular formula is C21H19FN4OS2. The fraction of sp³-hybridized carbons (Fsp3) is 0.190. The van der Waals surface area contributed by atoms with Gasteiger partial charge in [0.25, 0.3) is 0 Å². The first-order chi connectivity index (χ1) is 14.2. The molecule has 4 rings (SSSR count). The molecular weight excluding hydrogens is 407 g/mol. The minimum absolute atomic E-state index is 0.280. The van der Waals surface area contributed by atoms with Gasteiger partial charge in [0.05, 0.1) is 5.69 Å². The maximum absolute atomic E-state index is 13.0. The Hall–Kier alpha value is -2.71. The van der Waals surface area contributed by atoms with Gasteiger partial charge in [0.2, 0.25) is 0 Å². The number of halogens is 1. The Balaban J connectivity index is 1.39. The maximum Gasteiger partial charge on any atom is 0.191 e. The lowest BCUT2D eigenvalue weighted by Crippen LogP contribution is -2.07. The number of aromatic nitrogens is 4. The highest BCUT2D eigenvalue weighted by Gasteiger charge is 2.13. The Morgan fingerprint density at radius 3 is 2.62 bits per heavy atom. The second-order valence-electron chi connectivity index (χ2n) is 6.18. The number of thiazole rings is 1. The Morgan fingerprint density at radius 2 is 1.86 bits per heavy atom. The van der Waals surface area contributed by atoms with Gasteiger partial charge in [-0.1, -0.05) is 42.1 Å². The Kier molecular flexibility index (Phi) is 6.21. The summed E-state index contributed by atoms with van der Waals surface area (Å²) in [5.74, 6) is 1.77. The minimum Gasteiger partial charge on any atom is -0.486 e. The predicted molar refractivity (Wildman–Crippen MR) is 114 cm³/mol. The summed E-state index contributed by atoms with van der Waals surface area (Å²) in [5, 5.41) is 12.5. The first kappa shape index (κ1) is 19.6. The Labute approximate surface area is 176 Å². The van der Waals surface area contributed by atoms with Gasteiger partial charge in [-0.15, -0.1) is 21.5 Å². The van der Waals surface area contributed by atoms with E-state index in [0.29, 0.717) is 5.75 Å². The van der Waals surface area contributed by atoms with Crippen molar-refractivity contribution in [3.63, 3.8) is 0 Å². The van der Waals surface area contributed by atoms with Gasteiger partial charge < -0.3 is 9.30 Å². The third kappa shape index (κ3) is 4.83. The van der Waals surface area contributed by atoms with E-state index in [1.54, 1.807) is 35.2 Å². The molecule has 5 nitrogen and oxygen atoms in total. The van der Waals surface area contributed by atoms with Crippen LogP contribution in [0.3, 0.4) is 0 Å². The summed E-state index contributed by atoms with van der Waals surface area (Å²) in [5.41, 5.74) is 2.15. The molecule has 29 heavy (non-hydrogen) atoms. The highest BCUT2D eigenvalue weighted by atomic mass is 32.2. The van der Waals surface area contributed by atoms with Gasteiger partial charge in [-0.2, -0.15) is 0 Å².